The Morgan fingerprint density at radius 3 is 2.60 bits per heavy atom. The summed E-state index contributed by atoms with van der Waals surface area (Å²) in [5, 5.41) is 8.89. The maximum Gasteiger partial charge on any atom is 0.226 e. The van der Waals surface area contributed by atoms with Crippen molar-refractivity contribution in [2.24, 2.45) is 5.92 Å². The fourth-order valence-corrected chi connectivity index (χ4v) is 3.35. The van der Waals surface area contributed by atoms with Gasteiger partial charge in [-0.05, 0) is 13.3 Å². The second-order valence-corrected chi connectivity index (χ2v) is 6.31. The van der Waals surface area contributed by atoms with Crippen molar-refractivity contribution < 1.29 is 18.3 Å². The second kappa shape index (κ2) is 4.49. The van der Waals surface area contributed by atoms with Crippen LogP contribution in [-0.4, -0.2) is 55.5 Å². The highest BCUT2D eigenvalue weighted by atomic mass is 32.2. The molecule has 1 aliphatic rings. The molecule has 2 atom stereocenters. The van der Waals surface area contributed by atoms with E-state index in [0.717, 1.165) is 0 Å². The molecule has 1 aliphatic heterocycles. The maximum absolute atomic E-state index is 11.8. The highest BCUT2D eigenvalue weighted by Gasteiger charge is 2.35. The predicted octanol–water partition coefficient (Wildman–Crippen LogP) is -0.740. The van der Waals surface area contributed by atoms with Crippen molar-refractivity contribution in [3.8, 4) is 0 Å². The Bertz CT molecular complexity index is 338. The molecule has 1 heterocycles. The summed E-state index contributed by atoms with van der Waals surface area (Å²) in [4.78, 5) is 13.2. The number of nitrogens with zero attached hydrogens (tertiary/aromatic N) is 1. The SMILES string of the molecule is CC(CO)N(C)C(=O)C1CCS(=O)(=O)C1. The summed E-state index contributed by atoms with van der Waals surface area (Å²) in [5.74, 6) is -0.550. The largest absolute Gasteiger partial charge is 0.394 e. The number of carbonyl (C=O) groups is 1. The summed E-state index contributed by atoms with van der Waals surface area (Å²) < 4.78 is 22.4. The highest BCUT2D eigenvalue weighted by Crippen LogP contribution is 2.20. The first-order chi connectivity index (χ1) is 6.87. The van der Waals surface area contributed by atoms with Crippen LogP contribution >= 0.6 is 0 Å². The van der Waals surface area contributed by atoms with Crippen LogP contribution in [0.4, 0.5) is 0 Å². The molecule has 0 aliphatic carbocycles. The van der Waals surface area contributed by atoms with Gasteiger partial charge in [-0.15, -0.1) is 0 Å². The van der Waals surface area contributed by atoms with Crippen LogP contribution in [-0.2, 0) is 14.6 Å². The Morgan fingerprint density at radius 2 is 2.20 bits per heavy atom. The molecule has 1 amide bonds. The number of amides is 1. The first-order valence-corrected chi connectivity index (χ1v) is 6.77. The third kappa shape index (κ3) is 2.92. The standard InChI is InChI=1S/C9H17NO4S/c1-7(5-11)10(2)9(12)8-3-4-15(13,14)6-8/h7-8,11H,3-6H2,1-2H3. The van der Waals surface area contributed by atoms with Crippen molar-refractivity contribution in [1.29, 1.82) is 0 Å². The molecule has 0 saturated carbocycles. The Labute approximate surface area is 90.0 Å². The first-order valence-electron chi connectivity index (χ1n) is 4.95. The van der Waals surface area contributed by atoms with Gasteiger partial charge in [-0.25, -0.2) is 8.42 Å². The highest BCUT2D eigenvalue weighted by molar-refractivity contribution is 7.91. The van der Waals surface area contributed by atoms with Crippen molar-refractivity contribution >= 4 is 15.7 Å². The summed E-state index contributed by atoms with van der Waals surface area (Å²) in [5.41, 5.74) is 0. The second-order valence-electron chi connectivity index (χ2n) is 4.08. The van der Waals surface area contributed by atoms with Crippen LogP contribution in [0, 0.1) is 5.92 Å². The smallest absolute Gasteiger partial charge is 0.226 e. The topological polar surface area (TPSA) is 74.7 Å². The van der Waals surface area contributed by atoms with Crippen LogP contribution in [0.5, 0.6) is 0 Å². The van der Waals surface area contributed by atoms with Crippen molar-refractivity contribution in [2.45, 2.75) is 19.4 Å². The molecular weight excluding hydrogens is 218 g/mol. The van der Waals surface area contributed by atoms with Crippen LogP contribution in [0.2, 0.25) is 0 Å². The first kappa shape index (κ1) is 12.4. The minimum absolute atomic E-state index is 0.0473. The number of hydrogen-bond acceptors (Lipinski definition) is 4. The van der Waals surface area contributed by atoms with E-state index in [2.05, 4.69) is 0 Å². The van der Waals surface area contributed by atoms with E-state index >= 15 is 0 Å². The van der Waals surface area contributed by atoms with Crippen LogP contribution in [0.1, 0.15) is 13.3 Å². The normalized spacial score (nSPS) is 26.2. The summed E-state index contributed by atoms with van der Waals surface area (Å²) >= 11 is 0. The van der Waals surface area contributed by atoms with E-state index in [1.807, 2.05) is 0 Å². The van der Waals surface area contributed by atoms with Gasteiger partial charge in [0.05, 0.1) is 30.1 Å². The number of hydrogen-bond donors (Lipinski definition) is 1. The number of rotatable bonds is 3. The Balaban J connectivity index is 2.63. The quantitative estimate of drug-likeness (QED) is 0.699. The molecule has 1 fully saturated rings. The molecule has 2 unspecified atom stereocenters. The zero-order valence-electron chi connectivity index (χ0n) is 9.01. The number of aliphatic hydroxyl groups is 1. The van der Waals surface area contributed by atoms with Crippen LogP contribution in [0.15, 0.2) is 0 Å². The van der Waals surface area contributed by atoms with Crippen molar-refractivity contribution in [2.75, 3.05) is 25.2 Å². The molecule has 0 bridgehead atoms. The zero-order chi connectivity index (χ0) is 11.6. The monoisotopic (exact) mass is 235 g/mol. The maximum atomic E-state index is 11.8. The lowest BCUT2D eigenvalue weighted by molar-refractivity contribution is -0.135. The minimum Gasteiger partial charge on any atom is -0.394 e. The van der Waals surface area contributed by atoms with Crippen LogP contribution in [0.3, 0.4) is 0 Å². The minimum atomic E-state index is -3.02. The lowest BCUT2D eigenvalue weighted by Gasteiger charge is -2.25. The van der Waals surface area contributed by atoms with Crippen LogP contribution < -0.4 is 0 Å². The molecule has 0 aromatic rings. The van der Waals surface area contributed by atoms with Crippen molar-refractivity contribution in [1.82, 2.24) is 4.90 Å². The Morgan fingerprint density at radius 1 is 1.60 bits per heavy atom. The number of aliphatic hydroxyl groups excluding tert-OH is 1. The van der Waals surface area contributed by atoms with Gasteiger partial charge in [0.25, 0.3) is 0 Å². The van der Waals surface area contributed by atoms with E-state index in [1.54, 1.807) is 14.0 Å². The Kier molecular flexibility index (Phi) is 3.72. The average Bonchev–Trinajstić information content (AvgIpc) is 2.55. The lowest BCUT2D eigenvalue weighted by Crippen LogP contribution is -2.41. The number of likely N-dealkylation sites (N-methyl/N-ethyl adjacent to an activating group) is 1. The molecule has 6 heteroatoms. The van der Waals surface area contributed by atoms with E-state index < -0.39 is 15.8 Å². The van der Waals surface area contributed by atoms with E-state index in [-0.39, 0.29) is 30.1 Å². The van der Waals surface area contributed by atoms with Crippen molar-refractivity contribution in [3.05, 3.63) is 0 Å². The summed E-state index contributed by atoms with van der Waals surface area (Å²) in [7, 11) is -1.42. The predicted molar refractivity (Wildman–Crippen MR) is 56.1 cm³/mol. The molecule has 0 radical (unpaired) electrons. The third-order valence-electron chi connectivity index (χ3n) is 2.85. The Hall–Kier alpha value is -0.620. The number of carbonyl (C=O) groups excluding carboxylic acids is 1. The lowest BCUT2D eigenvalue weighted by atomic mass is 10.1. The van der Waals surface area contributed by atoms with Gasteiger partial charge in [-0.1, -0.05) is 0 Å². The average molecular weight is 235 g/mol. The van der Waals surface area contributed by atoms with Gasteiger partial charge in [0, 0.05) is 7.05 Å². The third-order valence-corrected chi connectivity index (χ3v) is 4.62. The molecule has 0 aromatic heterocycles. The fraction of sp³-hybridized carbons (Fsp3) is 0.889. The molecular formula is C9H17NO4S. The van der Waals surface area contributed by atoms with Gasteiger partial charge in [0.2, 0.25) is 5.91 Å². The summed E-state index contributed by atoms with van der Waals surface area (Å²) in [6.45, 7) is 1.61. The van der Waals surface area contributed by atoms with E-state index in [9.17, 15) is 13.2 Å². The van der Waals surface area contributed by atoms with Gasteiger partial charge < -0.3 is 10.0 Å². The van der Waals surface area contributed by atoms with Gasteiger partial charge in [0.15, 0.2) is 9.84 Å². The van der Waals surface area contributed by atoms with E-state index in [1.165, 1.54) is 4.90 Å². The van der Waals surface area contributed by atoms with Crippen LogP contribution in [0.25, 0.3) is 0 Å². The van der Waals surface area contributed by atoms with Gasteiger partial charge in [-0.3, -0.25) is 4.79 Å². The van der Waals surface area contributed by atoms with E-state index in [0.29, 0.717) is 6.42 Å². The molecule has 1 N–H and O–H groups in total. The molecule has 1 rings (SSSR count). The summed E-state index contributed by atoms with van der Waals surface area (Å²) in [6.07, 6.45) is 0.406. The number of sulfone groups is 1. The zero-order valence-corrected chi connectivity index (χ0v) is 9.83. The molecule has 5 nitrogen and oxygen atoms in total. The molecule has 0 aromatic carbocycles. The molecule has 1 saturated heterocycles. The summed E-state index contributed by atoms with van der Waals surface area (Å²) in [6, 6.07) is -0.263. The van der Waals surface area contributed by atoms with Gasteiger partial charge in [0.1, 0.15) is 0 Å². The molecule has 88 valence electrons. The molecule has 0 spiro atoms. The van der Waals surface area contributed by atoms with Gasteiger partial charge >= 0.3 is 0 Å². The molecule has 15 heavy (non-hydrogen) atoms. The van der Waals surface area contributed by atoms with Gasteiger partial charge in [-0.2, -0.15) is 0 Å². The van der Waals surface area contributed by atoms with E-state index in [4.69, 9.17) is 5.11 Å². The van der Waals surface area contributed by atoms with Crippen molar-refractivity contribution in [3.63, 3.8) is 0 Å². The fourth-order valence-electron chi connectivity index (χ4n) is 1.62.